The second-order valence-electron chi connectivity index (χ2n) is 5.48. The lowest BCUT2D eigenvalue weighted by Gasteiger charge is -2.10. The molecule has 0 saturated heterocycles. The molecular formula is C16H11ClF2N4O4S. The number of halogens is 3. The Bertz CT molecular complexity index is 1130. The maximum absolute atomic E-state index is 12.5. The number of aromatic nitrogens is 2. The van der Waals surface area contributed by atoms with E-state index in [1.165, 1.54) is 30.3 Å². The number of carbonyl (C=O) groups excluding carboxylic acids is 1. The average Bonchev–Trinajstić information content (AvgIpc) is 3.12. The van der Waals surface area contributed by atoms with Gasteiger partial charge in [-0.05, 0) is 42.5 Å². The van der Waals surface area contributed by atoms with E-state index < -0.39 is 28.2 Å². The summed E-state index contributed by atoms with van der Waals surface area (Å²) < 4.78 is 56.8. The minimum atomic E-state index is -4.07. The molecule has 1 aromatic heterocycles. The lowest BCUT2D eigenvalue weighted by molar-refractivity contribution is 0.0999. The Hall–Kier alpha value is -3.05. The number of nitrogens with one attached hydrogen (secondary N) is 1. The lowest BCUT2D eigenvalue weighted by Crippen LogP contribution is -2.16. The van der Waals surface area contributed by atoms with Gasteiger partial charge in [0.1, 0.15) is 0 Å². The monoisotopic (exact) mass is 428 g/mol. The van der Waals surface area contributed by atoms with E-state index in [0.717, 1.165) is 12.1 Å². The summed E-state index contributed by atoms with van der Waals surface area (Å²) in [6, 6.07) is 9.10. The summed E-state index contributed by atoms with van der Waals surface area (Å²) in [5.41, 5.74) is 5.61. The van der Waals surface area contributed by atoms with Crippen LogP contribution in [-0.2, 0) is 10.0 Å². The number of anilines is 1. The third-order valence-corrected chi connectivity index (χ3v) is 5.07. The van der Waals surface area contributed by atoms with Gasteiger partial charge in [-0.1, -0.05) is 16.8 Å². The number of amides is 1. The maximum atomic E-state index is 12.5. The van der Waals surface area contributed by atoms with Crippen LogP contribution in [0.25, 0.3) is 11.4 Å². The molecule has 0 aliphatic heterocycles. The van der Waals surface area contributed by atoms with Crippen LogP contribution >= 0.6 is 11.6 Å². The van der Waals surface area contributed by atoms with E-state index in [2.05, 4.69) is 19.4 Å². The molecule has 0 bridgehead atoms. The zero-order valence-corrected chi connectivity index (χ0v) is 15.3. The molecule has 3 rings (SSSR count). The first kappa shape index (κ1) is 19.7. The minimum Gasteiger partial charge on any atom is -0.366 e. The van der Waals surface area contributed by atoms with Crippen molar-refractivity contribution in [2.24, 2.45) is 5.73 Å². The molecule has 8 nitrogen and oxygen atoms in total. The highest BCUT2D eigenvalue weighted by Crippen LogP contribution is 2.25. The van der Waals surface area contributed by atoms with Crippen LogP contribution in [0.1, 0.15) is 22.7 Å². The van der Waals surface area contributed by atoms with E-state index in [1.54, 1.807) is 0 Å². The van der Waals surface area contributed by atoms with Crippen LogP contribution in [0.15, 0.2) is 51.9 Å². The van der Waals surface area contributed by atoms with Crippen molar-refractivity contribution >= 4 is 33.2 Å². The van der Waals surface area contributed by atoms with E-state index in [9.17, 15) is 22.0 Å². The summed E-state index contributed by atoms with van der Waals surface area (Å²) in [7, 11) is -4.07. The fourth-order valence-corrected chi connectivity index (χ4v) is 3.63. The lowest BCUT2D eigenvalue weighted by atomic mass is 10.2. The third-order valence-electron chi connectivity index (χ3n) is 3.49. The molecule has 0 aliphatic carbocycles. The molecule has 3 aromatic rings. The van der Waals surface area contributed by atoms with E-state index in [0.29, 0.717) is 5.56 Å². The molecule has 12 heteroatoms. The fourth-order valence-electron chi connectivity index (χ4n) is 2.20. The van der Waals surface area contributed by atoms with E-state index in [4.69, 9.17) is 17.3 Å². The van der Waals surface area contributed by atoms with Gasteiger partial charge in [-0.25, -0.2) is 8.42 Å². The first-order valence-electron chi connectivity index (χ1n) is 7.51. The molecule has 146 valence electrons. The van der Waals surface area contributed by atoms with Crippen molar-refractivity contribution < 1.29 is 26.5 Å². The van der Waals surface area contributed by atoms with Crippen molar-refractivity contribution in [3.63, 3.8) is 0 Å². The van der Waals surface area contributed by atoms with Gasteiger partial charge in [0.15, 0.2) is 0 Å². The summed E-state index contributed by atoms with van der Waals surface area (Å²) in [5.74, 6) is -1.71. The number of benzene rings is 2. The Balaban J connectivity index is 1.84. The summed E-state index contributed by atoms with van der Waals surface area (Å²) >= 11 is 5.84. The summed E-state index contributed by atoms with van der Waals surface area (Å²) in [4.78, 5) is 14.6. The normalized spacial score (nSPS) is 11.6. The van der Waals surface area contributed by atoms with Gasteiger partial charge >= 0.3 is 6.43 Å². The quantitative estimate of drug-likeness (QED) is 0.620. The average molecular weight is 429 g/mol. The number of carbonyl (C=O) groups is 1. The number of nitrogens with two attached hydrogens (primary N) is 1. The predicted octanol–water partition coefficient (Wildman–Crippen LogP) is 3.23. The zero-order chi connectivity index (χ0) is 20.5. The van der Waals surface area contributed by atoms with Crippen molar-refractivity contribution in [2.75, 3.05) is 4.72 Å². The molecule has 3 N–H and O–H groups in total. The molecule has 0 aliphatic rings. The topological polar surface area (TPSA) is 128 Å². The van der Waals surface area contributed by atoms with Crippen LogP contribution in [0.4, 0.5) is 14.5 Å². The smallest absolute Gasteiger partial charge is 0.315 e. The Morgan fingerprint density at radius 1 is 1.18 bits per heavy atom. The van der Waals surface area contributed by atoms with Crippen LogP contribution in [0, 0.1) is 0 Å². The van der Waals surface area contributed by atoms with Crippen molar-refractivity contribution in [1.29, 1.82) is 0 Å². The summed E-state index contributed by atoms with van der Waals surface area (Å²) in [6.07, 6.45) is -2.89. The zero-order valence-electron chi connectivity index (χ0n) is 13.8. The highest BCUT2D eigenvalue weighted by atomic mass is 35.5. The molecule has 0 radical (unpaired) electrons. The number of sulfonamides is 1. The molecule has 0 unspecified atom stereocenters. The Labute approximate surface area is 162 Å². The third kappa shape index (κ3) is 4.26. The van der Waals surface area contributed by atoms with Crippen LogP contribution in [-0.4, -0.2) is 24.5 Å². The van der Waals surface area contributed by atoms with Crippen LogP contribution in [0.3, 0.4) is 0 Å². The molecule has 0 spiro atoms. The van der Waals surface area contributed by atoms with Crippen molar-refractivity contribution in [1.82, 2.24) is 10.1 Å². The first-order chi connectivity index (χ1) is 13.2. The Kier molecular flexibility index (Phi) is 5.29. The maximum Gasteiger partial charge on any atom is 0.315 e. The predicted molar refractivity (Wildman–Crippen MR) is 95.5 cm³/mol. The minimum absolute atomic E-state index is 0.0268. The molecular weight excluding hydrogens is 418 g/mol. The number of nitrogens with zero attached hydrogens (tertiary/aromatic N) is 2. The van der Waals surface area contributed by atoms with Gasteiger partial charge in [0.25, 0.3) is 15.9 Å². The van der Waals surface area contributed by atoms with Gasteiger partial charge in [-0.3, -0.25) is 9.52 Å². The van der Waals surface area contributed by atoms with Crippen LogP contribution < -0.4 is 10.5 Å². The molecule has 2 aromatic carbocycles. The highest BCUT2D eigenvalue weighted by Gasteiger charge is 2.19. The Morgan fingerprint density at radius 2 is 1.86 bits per heavy atom. The van der Waals surface area contributed by atoms with Gasteiger partial charge in [-0.2, -0.15) is 13.8 Å². The number of alkyl halides is 2. The number of hydrogen-bond donors (Lipinski definition) is 2. The van der Waals surface area contributed by atoms with Gasteiger partial charge in [0.2, 0.25) is 11.7 Å². The van der Waals surface area contributed by atoms with Crippen LogP contribution in [0.2, 0.25) is 5.02 Å². The van der Waals surface area contributed by atoms with Crippen molar-refractivity contribution in [2.45, 2.75) is 11.3 Å². The molecule has 28 heavy (non-hydrogen) atoms. The SMILES string of the molecule is NC(=O)c1cc(Cl)cc(S(=O)(=O)Nc2ccc(-c3noc(C(F)F)n3)cc2)c1. The molecule has 0 saturated carbocycles. The molecule has 0 atom stereocenters. The van der Waals surface area contributed by atoms with E-state index in [1.807, 2.05) is 0 Å². The second-order valence-corrected chi connectivity index (χ2v) is 7.60. The van der Waals surface area contributed by atoms with E-state index in [-0.39, 0.29) is 27.0 Å². The molecule has 1 amide bonds. The van der Waals surface area contributed by atoms with Gasteiger partial charge in [0.05, 0.1) is 4.90 Å². The fraction of sp³-hybridized carbons (Fsp3) is 0.0625. The van der Waals surface area contributed by atoms with Gasteiger partial charge < -0.3 is 10.3 Å². The molecule has 1 heterocycles. The number of primary amides is 1. The van der Waals surface area contributed by atoms with Gasteiger partial charge in [0, 0.05) is 21.8 Å². The van der Waals surface area contributed by atoms with Crippen LogP contribution in [0.5, 0.6) is 0 Å². The summed E-state index contributed by atoms with van der Waals surface area (Å²) in [5, 5.41) is 3.46. The number of rotatable bonds is 6. The summed E-state index contributed by atoms with van der Waals surface area (Å²) in [6.45, 7) is 0. The van der Waals surface area contributed by atoms with Crippen molar-refractivity contribution in [3.05, 3.63) is 58.9 Å². The van der Waals surface area contributed by atoms with Gasteiger partial charge in [-0.15, -0.1) is 0 Å². The highest BCUT2D eigenvalue weighted by molar-refractivity contribution is 7.92. The Morgan fingerprint density at radius 3 is 2.43 bits per heavy atom. The van der Waals surface area contributed by atoms with E-state index >= 15 is 0 Å². The number of hydrogen-bond acceptors (Lipinski definition) is 6. The first-order valence-corrected chi connectivity index (χ1v) is 9.37. The van der Waals surface area contributed by atoms with Crippen molar-refractivity contribution in [3.8, 4) is 11.4 Å². The molecule has 0 fully saturated rings. The standard InChI is InChI=1S/C16H11ClF2N4O4S/c17-10-5-9(14(20)24)6-12(7-10)28(25,26)23-11-3-1-8(2-4-11)15-21-16(13(18)19)27-22-15/h1-7,13,23H,(H2,20,24). The largest absolute Gasteiger partial charge is 0.366 e. The second kappa shape index (κ2) is 7.52.